The van der Waals surface area contributed by atoms with E-state index in [2.05, 4.69) is 45.0 Å². The van der Waals surface area contributed by atoms with Gasteiger partial charge < -0.3 is 15.5 Å². The Bertz CT molecular complexity index is 727. The third-order valence-corrected chi connectivity index (χ3v) is 5.96. The van der Waals surface area contributed by atoms with Gasteiger partial charge in [-0.15, -0.1) is 11.3 Å². The highest BCUT2D eigenvalue weighted by Gasteiger charge is 2.24. The maximum absolute atomic E-state index is 13.7. The standard InChI is InChI=1S/C19H25FN4S2/c1-14-5-6-15(12-16(14)20)22-19(25)21-13-17(18-4-3-11-26-18)24-9-7-23(2)8-10-24/h3-6,11-12,17H,7-10,13H2,1-2H3,(H2,21,22,25)/t17-/m0/s1. The first kappa shape index (κ1) is 19.2. The van der Waals surface area contributed by atoms with Crippen LogP contribution in [0, 0.1) is 12.7 Å². The maximum Gasteiger partial charge on any atom is 0.170 e. The number of nitrogens with zero attached hydrogens (tertiary/aromatic N) is 2. The van der Waals surface area contributed by atoms with Gasteiger partial charge in [0.15, 0.2) is 5.11 Å². The van der Waals surface area contributed by atoms with Crippen LogP contribution in [0.15, 0.2) is 35.7 Å². The summed E-state index contributed by atoms with van der Waals surface area (Å²) in [6.45, 7) is 6.72. The van der Waals surface area contributed by atoms with Crippen molar-refractivity contribution in [2.24, 2.45) is 0 Å². The molecular formula is C19H25FN4S2. The number of hydrogen-bond donors (Lipinski definition) is 2. The molecule has 4 nitrogen and oxygen atoms in total. The number of piperazine rings is 1. The summed E-state index contributed by atoms with van der Waals surface area (Å²) in [5.41, 5.74) is 1.29. The van der Waals surface area contributed by atoms with Crippen LogP contribution in [-0.2, 0) is 0 Å². The molecule has 0 aliphatic carbocycles. The summed E-state index contributed by atoms with van der Waals surface area (Å²) in [6.07, 6.45) is 0. The highest BCUT2D eigenvalue weighted by Crippen LogP contribution is 2.25. The molecule has 0 bridgehead atoms. The minimum atomic E-state index is -0.230. The van der Waals surface area contributed by atoms with Crippen LogP contribution in [0.2, 0.25) is 0 Å². The van der Waals surface area contributed by atoms with Crippen LogP contribution in [0.25, 0.3) is 0 Å². The van der Waals surface area contributed by atoms with Gasteiger partial charge in [-0.05, 0) is 55.3 Å². The second-order valence-corrected chi connectivity index (χ2v) is 8.06. The molecule has 2 aromatic rings. The van der Waals surface area contributed by atoms with Crippen molar-refractivity contribution < 1.29 is 4.39 Å². The number of rotatable bonds is 5. The van der Waals surface area contributed by atoms with E-state index in [-0.39, 0.29) is 5.82 Å². The van der Waals surface area contributed by atoms with Crippen molar-refractivity contribution in [2.45, 2.75) is 13.0 Å². The first-order valence-corrected chi connectivity index (χ1v) is 10.1. The molecule has 0 radical (unpaired) electrons. The zero-order valence-electron chi connectivity index (χ0n) is 15.2. The van der Waals surface area contributed by atoms with Gasteiger partial charge in [-0.3, -0.25) is 4.90 Å². The zero-order valence-corrected chi connectivity index (χ0v) is 16.8. The molecule has 1 aromatic carbocycles. The van der Waals surface area contributed by atoms with Gasteiger partial charge >= 0.3 is 0 Å². The molecule has 1 saturated heterocycles. The molecular weight excluding hydrogens is 367 g/mol. The number of thiophene rings is 1. The monoisotopic (exact) mass is 392 g/mol. The van der Waals surface area contributed by atoms with Crippen molar-refractivity contribution in [3.05, 3.63) is 52.0 Å². The van der Waals surface area contributed by atoms with Gasteiger partial charge in [0.05, 0.1) is 6.04 Å². The fourth-order valence-electron chi connectivity index (χ4n) is 3.06. The average Bonchev–Trinajstić information content (AvgIpc) is 3.14. The molecule has 0 unspecified atom stereocenters. The number of benzene rings is 1. The molecule has 2 heterocycles. The Morgan fingerprint density at radius 3 is 2.69 bits per heavy atom. The molecule has 7 heteroatoms. The topological polar surface area (TPSA) is 30.5 Å². The lowest BCUT2D eigenvalue weighted by Gasteiger charge is -2.37. The molecule has 26 heavy (non-hydrogen) atoms. The molecule has 1 aromatic heterocycles. The van der Waals surface area contributed by atoms with E-state index in [1.54, 1.807) is 24.3 Å². The minimum Gasteiger partial charge on any atom is -0.360 e. The van der Waals surface area contributed by atoms with Crippen LogP contribution < -0.4 is 10.6 Å². The van der Waals surface area contributed by atoms with E-state index >= 15 is 0 Å². The van der Waals surface area contributed by atoms with Crippen molar-refractivity contribution >= 4 is 34.4 Å². The summed E-state index contributed by atoms with van der Waals surface area (Å²) >= 11 is 7.19. The molecule has 1 aliphatic rings. The number of hydrogen-bond acceptors (Lipinski definition) is 4. The summed E-state index contributed by atoms with van der Waals surface area (Å²) < 4.78 is 13.7. The minimum absolute atomic E-state index is 0.230. The Balaban J connectivity index is 1.60. The molecule has 3 rings (SSSR count). The molecule has 2 N–H and O–H groups in total. The fraction of sp³-hybridized carbons (Fsp3) is 0.421. The molecule has 0 amide bonds. The van der Waals surface area contributed by atoms with Crippen LogP contribution >= 0.6 is 23.6 Å². The Labute approximate surface area is 164 Å². The predicted molar refractivity (Wildman–Crippen MR) is 111 cm³/mol. The van der Waals surface area contributed by atoms with Gasteiger partial charge in [0.2, 0.25) is 0 Å². The molecule has 1 atom stereocenters. The predicted octanol–water partition coefficient (Wildman–Crippen LogP) is 3.47. The molecule has 0 saturated carbocycles. The van der Waals surface area contributed by atoms with Gasteiger partial charge in [0.25, 0.3) is 0 Å². The number of nitrogens with one attached hydrogen (secondary N) is 2. The van der Waals surface area contributed by atoms with E-state index in [0.29, 0.717) is 22.4 Å². The van der Waals surface area contributed by atoms with E-state index in [9.17, 15) is 4.39 Å². The number of likely N-dealkylation sites (N-methyl/N-ethyl adjacent to an activating group) is 1. The van der Waals surface area contributed by atoms with Crippen molar-refractivity contribution in [1.29, 1.82) is 0 Å². The van der Waals surface area contributed by atoms with Crippen molar-refractivity contribution in [3.63, 3.8) is 0 Å². The Kier molecular flexibility index (Phi) is 6.58. The van der Waals surface area contributed by atoms with E-state index in [1.807, 2.05) is 6.07 Å². The summed E-state index contributed by atoms with van der Waals surface area (Å²) in [4.78, 5) is 6.20. The van der Waals surface area contributed by atoms with Crippen LogP contribution in [0.5, 0.6) is 0 Å². The SMILES string of the molecule is Cc1ccc(NC(=S)NC[C@@H](c2cccs2)N2CCN(C)CC2)cc1F. The summed E-state index contributed by atoms with van der Waals surface area (Å²) in [5, 5.41) is 9.02. The number of aryl methyl sites for hydroxylation is 1. The van der Waals surface area contributed by atoms with Gasteiger partial charge in [0.1, 0.15) is 5.82 Å². The summed E-state index contributed by atoms with van der Waals surface area (Å²) in [5.74, 6) is -0.230. The van der Waals surface area contributed by atoms with E-state index in [1.165, 1.54) is 10.9 Å². The van der Waals surface area contributed by atoms with Crippen molar-refractivity contribution in [1.82, 2.24) is 15.1 Å². The van der Waals surface area contributed by atoms with E-state index in [0.717, 1.165) is 32.7 Å². The lowest BCUT2D eigenvalue weighted by molar-refractivity contribution is 0.114. The van der Waals surface area contributed by atoms with Gasteiger partial charge in [-0.25, -0.2) is 4.39 Å². The number of halogens is 1. The van der Waals surface area contributed by atoms with Crippen molar-refractivity contribution in [3.8, 4) is 0 Å². The first-order valence-electron chi connectivity index (χ1n) is 8.80. The van der Waals surface area contributed by atoms with Crippen LogP contribution in [-0.4, -0.2) is 54.7 Å². The van der Waals surface area contributed by atoms with E-state index in [4.69, 9.17) is 12.2 Å². The summed E-state index contributed by atoms with van der Waals surface area (Å²) in [7, 11) is 2.16. The average molecular weight is 393 g/mol. The third kappa shape index (κ3) is 5.01. The van der Waals surface area contributed by atoms with Crippen LogP contribution in [0.3, 0.4) is 0 Å². The largest absolute Gasteiger partial charge is 0.360 e. The normalized spacial score (nSPS) is 17.0. The molecule has 1 fully saturated rings. The lowest BCUT2D eigenvalue weighted by Crippen LogP contribution is -2.48. The third-order valence-electron chi connectivity index (χ3n) is 4.74. The van der Waals surface area contributed by atoms with Crippen LogP contribution in [0.4, 0.5) is 10.1 Å². The fourth-order valence-corrected chi connectivity index (χ4v) is 4.12. The zero-order chi connectivity index (χ0) is 18.5. The summed E-state index contributed by atoms with van der Waals surface area (Å²) in [6, 6.07) is 9.62. The van der Waals surface area contributed by atoms with Gasteiger partial charge in [-0.1, -0.05) is 12.1 Å². The molecule has 140 valence electrons. The lowest BCUT2D eigenvalue weighted by atomic mass is 10.1. The Hall–Kier alpha value is -1.54. The molecule has 0 spiro atoms. The maximum atomic E-state index is 13.7. The smallest absolute Gasteiger partial charge is 0.170 e. The van der Waals surface area contributed by atoms with Crippen molar-refractivity contribution in [2.75, 3.05) is 45.1 Å². The number of thiocarbonyl (C=S) groups is 1. The molecule has 1 aliphatic heterocycles. The van der Waals surface area contributed by atoms with Gasteiger partial charge in [-0.2, -0.15) is 0 Å². The highest BCUT2D eigenvalue weighted by atomic mass is 32.1. The van der Waals surface area contributed by atoms with Gasteiger partial charge in [0, 0.05) is 43.3 Å². The van der Waals surface area contributed by atoms with E-state index < -0.39 is 0 Å². The second kappa shape index (κ2) is 8.90. The Morgan fingerprint density at radius 2 is 2.04 bits per heavy atom. The highest BCUT2D eigenvalue weighted by molar-refractivity contribution is 7.80. The number of anilines is 1. The first-order chi connectivity index (χ1) is 12.5. The quantitative estimate of drug-likeness (QED) is 0.761. The second-order valence-electron chi connectivity index (χ2n) is 6.67. The Morgan fingerprint density at radius 1 is 1.27 bits per heavy atom. The van der Waals surface area contributed by atoms with Crippen LogP contribution in [0.1, 0.15) is 16.5 Å².